The number of carboxylic acids is 1. The number of carboxylic acid groups (broad SMARTS) is 1. The summed E-state index contributed by atoms with van der Waals surface area (Å²) in [4.78, 5) is 10.9. The zero-order valence-corrected chi connectivity index (χ0v) is 8.69. The quantitative estimate of drug-likeness (QED) is 0.821. The summed E-state index contributed by atoms with van der Waals surface area (Å²) in [6.45, 7) is 2.27. The molecule has 80 valence electrons. The molecule has 1 fully saturated rings. The van der Waals surface area contributed by atoms with E-state index in [2.05, 4.69) is 0 Å². The summed E-state index contributed by atoms with van der Waals surface area (Å²) in [5.41, 5.74) is 0.511. The number of aryl methyl sites for hydroxylation is 1. The Morgan fingerprint density at radius 3 is 2.80 bits per heavy atom. The van der Waals surface area contributed by atoms with E-state index < -0.39 is 11.4 Å². The summed E-state index contributed by atoms with van der Waals surface area (Å²) in [6.07, 6.45) is 1.46. The Morgan fingerprint density at radius 2 is 2.27 bits per heavy atom. The standard InChI is InChI=1S/C12H14O3/c1-9-3-2-4-10(7-9)15-8-12(5-6-12)11(13)14/h2-4,7H,5-6,8H2,1H3,(H,13,14). The van der Waals surface area contributed by atoms with Gasteiger partial charge in [-0.05, 0) is 37.5 Å². The van der Waals surface area contributed by atoms with Crippen LogP contribution in [-0.4, -0.2) is 17.7 Å². The second kappa shape index (κ2) is 3.57. The fourth-order valence-electron chi connectivity index (χ4n) is 1.50. The molecule has 0 unspecified atom stereocenters. The minimum Gasteiger partial charge on any atom is -0.492 e. The van der Waals surface area contributed by atoms with Crippen LogP contribution in [-0.2, 0) is 4.79 Å². The SMILES string of the molecule is Cc1cccc(OCC2(C(=O)O)CC2)c1. The van der Waals surface area contributed by atoms with Crippen LogP contribution in [0.3, 0.4) is 0 Å². The molecule has 0 aromatic heterocycles. The molecular weight excluding hydrogens is 192 g/mol. The Hall–Kier alpha value is -1.51. The Balaban J connectivity index is 1.96. The van der Waals surface area contributed by atoms with Crippen molar-refractivity contribution in [2.24, 2.45) is 5.41 Å². The highest BCUT2D eigenvalue weighted by molar-refractivity contribution is 5.77. The minimum atomic E-state index is -0.741. The van der Waals surface area contributed by atoms with Gasteiger partial charge in [-0.3, -0.25) is 4.79 Å². The molecule has 2 rings (SSSR count). The maximum atomic E-state index is 10.9. The monoisotopic (exact) mass is 206 g/mol. The molecule has 1 N–H and O–H groups in total. The molecule has 0 heterocycles. The lowest BCUT2D eigenvalue weighted by atomic mass is 10.1. The number of ether oxygens (including phenoxy) is 1. The average molecular weight is 206 g/mol. The summed E-state index contributed by atoms with van der Waals surface area (Å²) >= 11 is 0. The summed E-state index contributed by atoms with van der Waals surface area (Å²) in [5.74, 6) is 0.0117. The van der Waals surface area contributed by atoms with Gasteiger partial charge in [0.05, 0.1) is 0 Å². The topological polar surface area (TPSA) is 46.5 Å². The van der Waals surface area contributed by atoms with Crippen molar-refractivity contribution in [1.29, 1.82) is 0 Å². The molecule has 15 heavy (non-hydrogen) atoms. The first-order valence-electron chi connectivity index (χ1n) is 5.05. The van der Waals surface area contributed by atoms with Crippen molar-refractivity contribution in [1.82, 2.24) is 0 Å². The molecule has 0 spiro atoms. The third-order valence-corrected chi connectivity index (χ3v) is 2.81. The molecule has 0 atom stereocenters. The Morgan fingerprint density at radius 1 is 1.53 bits per heavy atom. The lowest BCUT2D eigenvalue weighted by molar-refractivity contribution is -0.144. The molecular formula is C12H14O3. The summed E-state index contributed by atoms with van der Waals surface area (Å²) in [6, 6.07) is 7.66. The highest BCUT2D eigenvalue weighted by Crippen LogP contribution is 2.46. The van der Waals surface area contributed by atoms with Crippen LogP contribution in [0.4, 0.5) is 0 Å². The van der Waals surface area contributed by atoms with Crippen LogP contribution in [0.5, 0.6) is 5.75 Å². The highest BCUT2D eigenvalue weighted by atomic mass is 16.5. The third-order valence-electron chi connectivity index (χ3n) is 2.81. The van der Waals surface area contributed by atoms with Crippen molar-refractivity contribution in [3.63, 3.8) is 0 Å². The van der Waals surface area contributed by atoms with Crippen LogP contribution in [0.1, 0.15) is 18.4 Å². The number of hydrogen-bond acceptors (Lipinski definition) is 2. The maximum absolute atomic E-state index is 10.9. The van der Waals surface area contributed by atoms with Crippen LogP contribution in [0.25, 0.3) is 0 Å². The molecule has 0 saturated heterocycles. The van der Waals surface area contributed by atoms with Gasteiger partial charge in [0.25, 0.3) is 0 Å². The minimum absolute atomic E-state index is 0.284. The van der Waals surface area contributed by atoms with Crippen molar-refractivity contribution in [2.45, 2.75) is 19.8 Å². The van der Waals surface area contributed by atoms with Crippen molar-refractivity contribution in [3.05, 3.63) is 29.8 Å². The molecule has 0 radical (unpaired) electrons. The van der Waals surface area contributed by atoms with Gasteiger partial charge in [0.1, 0.15) is 17.8 Å². The number of benzene rings is 1. The van der Waals surface area contributed by atoms with E-state index in [0.717, 1.165) is 24.2 Å². The van der Waals surface area contributed by atoms with Gasteiger partial charge < -0.3 is 9.84 Å². The average Bonchev–Trinajstić information content (AvgIpc) is 2.96. The molecule has 3 heteroatoms. The van der Waals surface area contributed by atoms with E-state index in [-0.39, 0.29) is 6.61 Å². The second-order valence-electron chi connectivity index (χ2n) is 4.19. The molecule has 0 amide bonds. The molecule has 1 saturated carbocycles. The summed E-state index contributed by atoms with van der Waals surface area (Å²) < 4.78 is 5.49. The second-order valence-corrected chi connectivity index (χ2v) is 4.19. The van der Waals surface area contributed by atoms with Crippen LogP contribution < -0.4 is 4.74 Å². The van der Waals surface area contributed by atoms with E-state index in [9.17, 15) is 4.79 Å². The van der Waals surface area contributed by atoms with Gasteiger partial charge in [-0.2, -0.15) is 0 Å². The maximum Gasteiger partial charge on any atom is 0.313 e. The fraction of sp³-hybridized carbons (Fsp3) is 0.417. The van der Waals surface area contributed by atoms with Crippen molar-refractivity contribution in [2.75, 3.05) is 6.61 Å². The summed E-state index contributed by atoms with van der Waals surface area (Å²) in [5, 5.41) is 8.96. The third kappa shape index (κ3) is 2.12. The lowest BCUT2D eigenvalue weighted by Crippen LogP contribution is -2.22. The lowest BCUT2D eigenvalue weighted by Gasteiger charge is -2.11. The molecule has 0 aliphatic heterocycles. The fourth-order valence-corrected chi connectivity index (χ4v) is 1.50. The number of rotatable bonds is 4. The van der Waals surface area contributed by atoms with Crippen molar-refractivity contribution >= 4 is 5.97 Å². The number of aliphatic carboxylic acids is 1. The van der Waals surface area contributed by atoms with Crippen LogP contribution in [0.2, 0.25) is 0 Å². The molecule has 3 nitrogen and oxygen atoms in total. The van der Waals surface area contributed by atoms with Gasteiger partial charge >= 0.3 is 5.97 Å². The van der Waals surface area contributed by atoms with Crippen LogP contribution in [0, 0.1) is 12.3 Å². The van der Waals surface area contributed by atoms with Gasteiger partial charge in [0.2, 0.25) is 0 Å². The first-order valence-corrected chi connectivity index (χ1v) is 5.05. The Bertz CT molecular complexity index is 380. The molecule has 1 aromatic rings. The van der Waals surface area contributed by atoms with Gasteiger partial charge in [-0.25, -0.2) is 0 Å². The number of hydrogen-bond donors (Lipinski definition) is 1. The molecule has 0 bridgehead atoms. The van der Waals surface area contributed by atoms with Crippen molar-refractivity contribution in [3.8, 4) is 5.75 Å². The Kier molecular flexibility index (Phi) is 2.39. The molecule has 1 aromatic carbocycles. The van der Waals surface area contributed by atoms with E-state index in [4.69, 9.17) is 9.84 Å². The van der Waals surface area contributed by atoms with Crippen LogP contribution in [0.15, 0.2) is 24.3 Å². The van der Waals surface area contributed by atoms with E-state index in [0.29, 0.717) is 0 Å². The summed E-state index contributed by atoms with van der Waals surface area (Å²) in [7, 11) is 0. The predicted octanol–water partition coefficient (Wildman–Crippen LogP) is 2.24. The van der Waals surface area contributed by atoms with E-state index in [1.165, 1.54) is 0 Å². The Labute approximate surface area is 88.7 Å². The highest BCUT2D eigenvalue weighted by Gasteiger charge is 2.51. The number of carbonyl (C=O) groups is 1. The zero-order valence-electron chi connectivity index (χ0n) is 8.69. The van der Waals surface area contributed by atoms with Gasteiger partial charge in [-0.1, -0.05) is 12.1 Å². The van der Waals surface area contributed by atoms with Gasteiger partial charge in [-0.15, -0.1) is 0 Å². The smallest absolute Gasteiger partial charge is 0.313 e. The largest absolute Gasteiger partial charge is 0.492 e. The molecule has 1 aliphatic rings. The van der Waals surface area contributed by atoms with Gasteiger partial charge in [0, 0.05) is 0 Å². The first kappa shape index (κ1) is 10.0. The van der Waals surface area contributed by atoms with E-state index >= 15 is 0 Å². The van der Waals surface area contributed by atoms with Crippen LogP contribution >= 0.6 is 0 Å². The zero-order chi connectivity index (χ0) is 10.9. The van der Waals surface area contributed by atoms with Gasteiger partial charge in [0.15, 0.2) is 0 Å². The molecule has 1 aliphatic carbocycles. The normalized spacial score (nSPS) is 17.1. The van der Waals surface area contributed by atoms with E-state index in [1.54, 1.807) is 0 Å². The predicted molar refractivity (Wildman–Crippen MR) is 56.0 cm³/mol. The van der Waals surface area contributed by atoms with Crippen molar-refractivity contribution < 1.29 is 14.6 Å². The first-order chi connectivity index (χ1) is 7.12. The van der Waals surface area contributed by atoms with E-state index in [1.807, 2.05) is 31.2 Å².